The Labute approximate surface area is 154 Å². The van der Waals surface area contributed by atoms with E-state index < -0.39 is 8.32 Å². The van der Waals surface area contributed by atoms with Crippen molar-refractivity contribution in [2.45, 2.75) is 96.6 Å². The van der Waals surface area contributed by atoms with E-state index in [4.69, 9.17) is 4.43 Å². The molecule has 0 radical (unpaired) electrons. The number of hydrogen-bond acceptors (Lipinski definition) is 3. The van der Waals surface area contributed by atoms with Crippen LogP contribution >= 0.6 is 0 Å². The highest BCUT2D eigenvalue weighted by Gasteiger charge is 2.56. The molecule has 0 saturated heterocycles. The molecule has 0 amide bonds. The second-order valence-electron chi connectivity index (χ2n) is 10.4. The van der Waals surface area contributed by atoms with Crippen LogP contribution in [-0.2, 0) is 9.22 Å². The Morgan fingerprint density at radius 1 is 1.24 bits per heavy atom. The monoisotopic (exact) mass is 364 g/mol. The Balaban J connectivity index is 2.05. The van der Waals surface area contributed by atoms with Gasteiger partial charge in [0.1, 0.15) is 5.78 Å². The summed E-state index contributed by atoms with van der Waals surface area (Å²) in [6.07, 6.45) is 7.16. The molecule has 0 aromatic carbocycles. The lowest BCUT2D eigenvalue weighted by Gasteiger charge is -2.55. The van der Waals surface area contributed by atoms with E-state index in [0.29, 0.717) is 24.5 Å². The molecule has 2 saturated carbocycles. The van der Waals surface area contributed by atoms with Crippen LogP contribution in [-0.4, -0.2) is 31.4 Å². The predicted molar refractivity (Wildman–Crippen MR) is 104 cm³/mol. The minimum Gasteiger partial charge on any atom is -0.413 e. The molecule has 0 aromatic rings. The molecule has 1 N–H and O–H groups in total. The highest BCUT2D eigenvalue weighted by Crippen LogP contribution is 2.58. The zero-order chi connectivity index (χ0) is 18.6. The molecule has 0 aliphatic heterocycles. The molecule has 4 heteroatoms. The number of fused-ring (bicyclic) bond motifs is 1. The smallest absolute Gasteiger partial charge is 0.192 e. The fraction of sp³-hybridized carbons (Fsp3) is 0.857. The molecule has 2 fully saturated rings. The van der Waals surface area contributed by atoms with Gasteiger partial charge in [-0.05, 0) is 55.7 Å². The molecule has 142 valence electrons. The molecule has 3 aliphatic rings. The fourth-order valence-corrected chi connectivity index (χ4v) is 6.42. The number of ketones is 1. The van der Waals surface area contributed by atoms with E-state index in [1.165, 1.54) is 5.57 Å². The van der Waals surface area contributed by atoms with Gasteiger partial charge in [0, 0.05) is 18.3 Å². The topological polar surface area (TPSA) is 46.5 Å². The third-order valence-corrected chi connectivity index (χ3v) is 12.0. The summed E-state index contributed by atoms with van der Waals surface area (Å²) in [5.74, 6) is 1.07. The maximum absolute atomic E-state index is 12.6. The molecule has 3 nitrogen and oxygen atoms in total. The quantitative estimate of drug-likeness (QED) is 0.562. The zero-order valence-corrected chi connectivity index (χ0v) is 17.9. The predicted octanol–water partition coefficient (Wildman–Crippen LogP) is 4.85. The van der Waals surface area contributed by atoms with Gasteiger partial charge in [0.25, 0.3) is 0 Å². The standard InChI is InChI=1S/C21H36O3Si/c1-14-12-21-13-17(22)10-8-15(7-9-16(21)11-18(14)23)19(21)24-25(5,6)20(2,3)4/h11,14-15,18-19,23H,7-10,12-13H2,1-6H3/t14-,15-,18-,19+,21-/m1/s1. The van der Waals surface area contributed by atoms with Gasteiger partial charge >= 0.3 is 0 Å². The molecule has 0 heterocycles. The highest BCUT2D eigenvalue weighted by molar-refractivity contribution is 6.74. The van der Waals surface area contributed by atoms with Gasteiger partial charge in [-0.15, -0.1) is 0 Å². The van der Waals surface area contributed by atoms with E-state index in [0.717, 1.165) is 25.7 Å². The summed E-state index contributed by atoms with van der Waals surface area (Å²) in [7, 11) is -1.92. The average molecular weight is 365 g/mol. The van der Waals surface area contributed by atoms with E-state index in [1.54, 1.807) is 0 Å². The van der Waals surface area contributed by atoms with Crippen LogP contribution in [0.15, 0.2) is 11.6 Å². The third-order valence-electron chi connectivity index (χ3n) is 7.57. The summed E-state index contributed by atoms with van der Waals surface area (Å²) in [5.41, 5.74) is 1.15. The van der Waals surface area contributed by atoms with Crippen molar-refractivity contribution in [1.82, 2.24) is 0 Å². The summed E-state index contributed by atoms with van der Waals surface area (Å²) in [5, 5.41) is 10.6. The van der Waals surface area contributed by atoms with Crippen molar-refractivity contribution in [1.29, 1.82) is 0 Å². The van der Waals surface area contributed by atoms with Crippen LogP contribution in [0.2, 0.25) is 18.1 Å². The highest BCUT2D eigenvalue weighted by atomic mass is 28.4. The van der Waals surface area contributed by atoms with Gasteiger partial charge in [0.15, 0.2) is 8.32 Å². The Hall–Kier alpha value is -0.453. The van der Waals surface area contributed by atoms with Crippen LogP contribution in [0.5, 0.6) is 0 Å². The average Bonchev–Trinajstić information content (AvgIpc) is 2.54. The molecule has 3 aliphatic carbocycles. The summed E-state index contributed by atoms with van der Waals surface area (Å²) < 4.78 is 7.05. The lowest BCUT2D eigenvalue weighted by Crippen LogP contribution is -2.56. The number of carbonyl (C=O) groups excluding carboxylic acids is 1. The zero-order valence-electron chi connectivity index (χ0n) is 16.9. The van der Waals surface area contributed by atoms with Crippen LogP contribution in [0.1, 0.15) is 66.2 Å². The fourth-order valence-electron chi connectivity index (χ4n) is 5.01. The summed E-state index contributed by atoms with van der Waals surface area (Å²) in [6, 6.07) is 0. The van der Waals surface area contributed by atoms with Gasteiger partial charge in [-0.25, -0.2) is 0 Å². The van der Waals surface area contributed by atoms with Crippen molar-refractivity contribution in [3.05, 3.63) is 11.6 Å². The van der Waals surface area contributed by atoms with Crippen molar-refractivity contribution in [3.63, 3.8) is 0 Å². The van der Waals surface area contributed by atoms with Gasteiger partial charge < -0.3 is 9.53 Å². The molecular weight excluding hydrogens is 328 g/mol. The van der Waals surface area contributed by atoms with Crippen molar-refractivity contribution >= 4 is 14.1 Å². The van der Waals surface area contributed by atoms with Crippen LogP contribution in [0, 0.1) is 17.3 Å². The number of aliphatic hydroxyl groups excluding tert-OH is 1. The normalized spacial score (nSPS) is 39.5. The minimum atomic E-state index is -1.92. The number of aliphatic hydroxyl groups is 1. The molecule has 1 spiro atoms. The number of hydrogen-bond donors (Lipinski definition) is 1. The van der Waals surface area contributed by atoms with E-state index in [2.05, 4.69) is 46.9 Å². The van der Waals surface area contributed by atoms with Crippen LogP contribution in [0.4, 0.5) is 0 Å². The van der Waals surface area contributed by atoms with Gasteiger partial charge in [-0.1, -0.05) is 39.3 Å². The van der Waals surface area contributed by atoms with Gasteiger partial charge in [0.2, 0.25) is 0 Å². The maximum atomic E-state index is 12.6. The van der Waals surface area contributed by atoms with Crippen LogP contribution in [0.3, 0.4) is 0 Å². The van der Waals surface area contributed by atoms with E-state index in [-0.39, 0.29) is 28.6 Å². The Morgan fingerprint density at radius 2 is 1.88 bits per heavy atom. The maximum Gasteiger partial charge on any atom is 0.192 e. The molecule has 0 aromatic heterocycles. The summed E-state index contributed by atoms with van der Waals surface area (Å²) in [6.45, 7) is 13.7. The molecule has 0 unspecified atom stereocenters. The summed E-state index contributed by atoms with van der Waals surface area (Å²) >= 11 is 0. The van der Waals surface area contributed by atoms with Crippen molar-refractivity contribution in [3.8, 4) is 0 Å². The molecular formula is C21H36O3Si. The second-order valence-corrected chi connectivity index (χ2v) is 15.1. The first kappa shape index (κ1) is 19.3. The van der Waals surface area contributed by atoms with Crippen LogP contribution in [0.25, 0.3) is 0 Å². The first-order valence-electron chi connectivity index (χ1n) is 10.0. The van der Waals surface area contributed by atoms with Gasteiger partial charge in [-0.3, -0.25) is 4.79 Å². The number of Topliss-reactive ketones (excluding diaryl/α,β-unsaturated/α-hetero) is 1. The Bertz CT molecular complexity index is 574. The SMILES string of the molecule is C[C@@H]1C[C@@]23CC(=O)CC[C@@H](CCC2=C[C@H]1O)[C@@H]3O[Si](C)(C)C(C)(C)C. The van der Waals surface area contributed by atoms with E-state index in [9.17, 15) is 9.90 Å². The lowest BCUT2D eigenvalue weighted by atomic mass is 9.57. The summed E-state index contributed by atoms with van der Waals surface area (Å²) in [4.78, 5) is 12.6. The Kier molecular flexibility index (Phi) is 4.88. The first-order chi connectivity index (χ1) is 11.5. The van der Waals surface area contributed by atoms with E-state index >= 15 is 0 Å². The molecule has 3 rings (SSSR count). The van der Waals surface area contributed by atoms with Crippen molar-refractivity contribution < 1.29 is 14.3 Å². The van der Waals surface area contributed by atoms with Crippen LogP contribution < -0.4 is 0 Å². The minimum absolute atomic E-state index is 0.148. The van der Waals surface area contributed by atoms with Crippen molar-refractivity contribution in [2.24, 2.45) is 17.3 Å². The number of rotatable bonds is 2. The second kappa shape index (κ2) is 6.31. The molecule has 25 heavy (non-hydrogen) atoms. The van der Waals surface area contributed by atoms with Crippen molar-refractivity contribution in [2.75, 3.05) is 0 Å². The van der Waals surface area contributed by atoms with Gasteiger partial charge in [0.05, 0.1) is 12.2 Å². The Morgan fingerprint density at radius 3 is 2.52 bits per heavy atom. The van der Waals surface area contributed by atoms with Gasteiger partial charge in [-0.2, -0.15) is 0 Å². The first-order valence-corrected chi connectivity index (χ1v) is 13.0. The number of carbonyl (C=O) groups is 1. The lowest BCUT2D eigenvalue weighted by molar-refractivity contribution is -0.122. The third kappa shape index (κ3) is 3.30. The molecule has 2 bridgehead atoms. The molecule has 5 atom stereocenters. The largest absolute Gasteiger partial charge is 0.413 e. The van der Waals surface area contributed by atoms with E-state index in [1.807, 2.05) is 0 Å².